The number of amides is 1. The summed E-state index contributed by atoms with van der Waals surface area (Å²) in [4.78, 5) is 13.2. The number of carbonyl (C=O) groups is 1. The Hall–Kier alpha value is -1.82. The van der Waals surface area contributed by atoms with Crippen molar-refractivity contribution < 1.29 is 4.79 Å². The van der Waals surface area contributed by atoms with Crippen LogP contribution in [-0.4, -0.2) is 34.7 Å². The topological polar surface area (TPSA) is 64.2 Å². The van der Waals surface area contributed by atoms with E-state index in [1.54, 1.807) is 43.2 Å². The van der Waals surface area contributed by atoms with Crippen LogP contribution in [0.2, 0.25) is 0 Å². The van der Waals surface area contributed by atoms with Gasteiger partial charge in [-0.05, 0) is 40.2 Å². The van der Waals surface area contributed by atoms with Crippen molar-refractivity contribution in [3.05, 3.63) is 40.6 Å². The number of benzene rings is 1. The van der Waals surface area contributed by atoms with Crippen molar-refractivity contribution in [3.8, 4) is 5.69 Å². The third-order valence-corrected chi connectivity index (χ3v) is 3.07. The number of hydrogen-bond acceptors (Lipinski definition) is 3. The van der Waals surface area contributed by atoms with Crippen LogP contribution in [0.5, 0.6) is 0 Å². The summed E-state index contributed by atoms with van der Waals surface area (Å²) in [5, 5.41) is 4.25. The van der Waals surface area contributed by atoms with Gasteiger partial charge in [-0.25, -0.2) is 4.68 Å². The molecule has 0 fully saturated rings. The predicted molar refractivity (Wildman–Crippen MR) is 73.7 cm³/mol. The maximum atomic E-state index is 11.7. The molecule has 0 aliphatic heterocycles. The van der Waals surface area contributed by atoms with E-state index in [-0.39, 0.29) is 5.91 Å². The highest BCUT2D eigenvalue weighted by atomic mass is 79.9. The highest BCUT2D eigenvalue weighted by molar-refractivity contribution is 9.10. The molecule has 2 N–H and O–H groups in total. The molecule has 94 valence electrons. The summed E-state index contributed by atoms with van der Waals surface area (Å²) in [5.41, 5.74) is 7.59. The molecule has 0 saturated heterocycles. The largest absolute Gasteiger partial charge is 0.399 e. The van der Waals surface area contributed by atoms with Gasteiger partial charge in [0.1, 0.15) is 0 Å². The summed E-state index contributed by atoms with van der Waals surface area (Å²) < 4.78 is 2.47. The Kier molecular flexibility index (Phi) is 3.38. The SMILES string of the molecule is CN(C)C(=O)c1ccn(-c2ccc(N)cc2Br)n1. The first-order chi connectivity index (χ1) is 8.49. The third kappa shape index (κ3) is 2.38. The zero-order valence-corrected chi connectivity index (χ0v) is 11.7. The fourth-order valence-electron chi connectivity index (χ4n) is 1.51. The molecule has 18 heavy (non-hydrogen) atoms. The summed E-state index contributed by atoms with van der Waals surface area (Å²) >= 11 is 3.42. The van der Waals surface area contributed by atoms with Crippen LogP contribution in [0.15, 0.2) is 34.9 Å². The number of carbonyl (C=O) groups excluding carboxylic acids is 1. The zero-order chi connectivity index (χ0) is 13.3. The summed E-state index contributed by atoms with van der Waals surface area (Å²) in [6.45, 7) is 0. The third-order valence-electron chi connectivity index (χ3n) is 2.43. The fraction of sp³-hybridized carbons (Fsp3) is 0.167. The minimum absolute atomic E-state index is 0.125. The van der Waals surface area contributed by atoms with Gasteiger partial charge in [0.2, 0.25) is 0 Å². The zero-order valence-electron chi connectivity index (χ0n) is 10.1. The van der Waals surface area contributed by atoms with Gasteiger partial charge in [0.25, 0.3) is 5.91 Å². The minimum atomic E-state index is -0.125. The van der Waals surface area contributed by atoms with Crippen molar-refractivity contribution in [3.63, 3.8) is 0 Å². The van der Waals surface area contributed by atoms with Crippen LogP contribution in [0, 0.1) is 0 Å². The molecule has 1 aromatic carbocycles. The molecule has 1 heterocycles. The minimum Gasteiger partial charge on any atom is -0.399 e. The quantitative estimate of drug-likeness (QED) is 0.862. The van der Waals surface area contributed by atoms with E-state index >= 15 is 0 Å². The van der Waals surface area contributed by atoms with E-state index in [0.29, 0.717) is 11.4 Å². The van der Waals surface area contributed by atoms with Gasteiger partial charge in [0.05, 0.1) is 5.69 Å². The highest BCUT2D eigenvalue weighted by Crippen LogP contribution is 2.23. The first-order valence-electron chi connectivity index (χ1n) is 5.32. The predicted octanol–water partition coefficient (Wildman–Crippen LogP) is 1.92. The van der Waals surface area contributed by atoms with Crippen LogP contribution in [0.4, 0.5) is 5.69 Å². The van der Waals surface area contributed by atoms with Gasteiger partial charge in [-0.3, -0.25) is 4.79 Å². The number of rotatable bonds is 2. The van der Waals surface area contributed by atoms with E-state index < -0.39 is 0 Å². The maximum Gasteiger partial charge on any atom is 0.273 e. The molecule has 0 spiro atoms. The molecule has 6 heteroatoms. The van der Waals surface area contributed by atoms with Gasteiger partial charge in [0.15, 0.2) is 5.69 Å². The maximum absolute atomic E-state index is 11.7. The molecule has 2 rings (SSSR count). The van der Waals surface area contributed by atoms with Gasteiger partial charge in [0, 0.05) is 30.5 Å². The second-order valence-corrected chi connectivity index (χ2v) is 4.91. The van der Waals surface area contributed by atoms with Gasteiger partial charge in [-0.2, -0.15) is 5.10 Å². The van der Waals surface area contributed by atoms with Crippen molar-refractivity contribution in [2.24, 2.45) is 0 Å². The molecule has 1 aromatic heterocycles. The van der Waals surface area contributed by atoms with E-state index in [4.69, 9.17) is 5.73 Å². The molecule has 5 nitrogen and oxygen atoms in total. The Morgan fingerprint density at radius 3 is 2.72 bits per heavy atom. The average molecular weight is 309 g/mol. The monoisotopic (exact) mass is 308 g/mol. The fourth-order valence-corrected chi connectivity index (χ4v) is 2.09. The molecule has 0 aliphatic rings. The molecule has 2 aromatic rings. The molecule has 0 radical (unpaired) electrons. The van der Waals surface area contributed by atoms with Crippen molar-refractivity contribution in [2.45, 2.75) is 0 Å². The molecule has 0 saturated carbocycles. The van der Waals surface area contributed by atoms with E-state index in [0.717, 1.165) is 10.2 Å². The Morgan fingerprint density at radius 1 is 1.39 bits per heavy atom. The second kappa shape index (κ2) is 4.81. The van der Waals surface area contributed by atoms with Crippen molar-refractivity contribution in [1.29, 1.82) is 0 Å². The molecular weight excluding hydrogens is 296 g/mol. The van der Waals surface area contributed by atoms with Gasteiger partial charge >= 0.3 is 0 Å². The number of nitrogen functional groups attached to an aromatic ring is 1. The number of nitrogens with two attached hydrogens (primary N) is 1. The van der Waals surface area contributed by atoms with Crippen LogP contribution in [0.3, 0.4) is 0 Å². The lowest BCUT2D eigenvalue weighted by Gasteiger charge is -2.08. The lowest BCUT2D eigenvalue weighted by molar-refractivity contribution is 0.0821. The van der Waals surface area contributed by atoms with Crippen LogP contribution in [0.25, 0.3) is 5.69 Å². The summed E-state index contributed by atoms with van der Waals surface area (Å²) in [6.07, 6.45) is 1.74. The lowest BCUT2D eigenvalue weighted by atomic mass is 10.3. The first kappa shape index (κ1) is 12.6. The van der Waals surface area contributed by atoms with E-state index in [9.17, 15) is 4.79 Å². The average Bonchev–Trinajstić information content (AvgIpc) is 2.77. The summed E-state index contributed by atoms with van der Waals surface area (Å²) in [7, 11) is 3.39. The van der Waals surface area contributed by atoms with E-state index in [1.807, 2.05) is 6.07 Å². The van der Waals surface area contributed by atoms with E-state index in [2.05, 4.69) is 21.0 Å². The van der Waals surface area contributed by atoms with Gasteiger partial charge < -0.3 is 10.6 Å². The molecule has 0 atom stereocenters. The number of halogens is 1. The van der Waals surface area contributed by atoms with Crippen LogP contribution in [0.1, 0.15) is 10.5 Å². The molecule has 0 unspecified atom stereocenters. The summed E-state index contributed by atoms with van der Waals surface area (Å²) in [5.74, 6) is -0.125. The van der Waals surface area contributed by atoms with Crippen molar-refractivity contribution in [1.82, 2.24) is 14.7 Å². The van der Waals surface area contributed by atoms with Gasteiger partial charge in [-0.1, -0.05) is 0 Å². The number of anilines is 1. The van der Waals surface area contributed by atoms with Gasteiger partial charge in [-0.15, -0.1) is 0 Å². The van der Waals surface area contributed by atoms with Crippen LogP contribution in [-0.2, 0) is 0 Å². The summed E-state index contributed by atoms with van der Waals surface area (Å²) in [6, 6.07) is 7.11. The Balaban J connectivity index is 2.38. The van der Waals surface area contributed by atoms with E-state index in [1.165, 1.54) is 4.90 Å². The van der Waals surface area contributed by atoms with Crippen molar-refractivity contribution >= 4 is 27.5 Å². The Morgan fingerprint density at radius 2 is 2.11 bits per heavy atom. The smallest absolute Gasteiger partial charge is 0.273 e. The second-order valence-electron chi connectivity index (χ2n) is 4.06. The number of hydrogen-bond donors (Lipinski definition) is 1. The molecular formula is C12H13BrN4O. The number of aromatic nitrogens is 2. The molecule has 0 bridgehead atoms. The molecule has 0 aliphatic carbocycles. The van der Waals surface area contributed by atoms with Crippen LogP contribution < -0.4 is 5.73 Å². The Labute approximate surface area is 113 Å². The first-order valence-corrected chi connectivity index (χ1v) is 6.11. The van der Waals surface area contributed by atoms with Crippen molar-refractivity contribution in [2.75, 3.05) is 19.8 Å². The lowest BCUT2D eigenvalue weighted by Crippen LogP contribution is -2.22. The Bertz CT molecular complexity index is 592. The van der Waals surface area contributed by atoms with Crippen LogP contribution >= 0.6 is 15.9 Å². The standard InChI is InChI=1S/C12H13BrN4O/c1-16(2)12(18)10-5-6-17(15-10)11-4-3-8(14)7-9(11)13/h3-7H,14H2,1-2H3. The highest BCUT2D eigenvalue weighted by Gasteiger charge is 2.12. The molecule has 1 amide bonds. The number of nitrogens with zero attached hydrogens (tertiary/aromatic N) is 3. The normalized spacial score (nSPS) is 10.4.